The quantitative estimate of drug-likeness (QED) is 0.0213. The standard InChI is InChI=1S/C52H85NO8/c1-6-8-10-12-14-16-18-20-22-23-24-25-26-27-29-31-33-35-37-39-41-43-50(55)61-48(47-60-52(51(56)57)58-45-44-53(3,4)5)46-59-49(54)42-40-38-36-34-32-30-28-21-19-17-15-13-11-9-7-2/h8,10,14-17,20-22,24-25,27-29,33,35,48,52H,6-7,9,11-13,18-19,23,26,30-32,34,36-47H2,1-5H3/p+1/b10-8-,16-14-,17-15-,22-20-,25-24-,28-21-,29-27-,35-33-. The summed E-state index contributed by atoms with van der Waals surface area (Å²) in [6.07, 6.45) is 53.2. The Bertz CT molecular complexity index is 1320. The topological polar surface area (TPSA) is 108 Å². The molecule has 0 rings (SSSR count). The second-order valence-electron chi connectivity index (χ2n) is 16.3. The minimum Gasteiger partial charge on any atom is -0.477 e. The summed E-state index contributed by atoms with van der Waals surface area (Å²) in [4.78, 5) is 37.2. The second kappa shape index (κ2) is 42.9. The Hall–Kier alpha value is -3.79. The van der Waals surface area contributed by atoms with Crippen molar-refractivity contribution in [2.75, 3.05) is 47.5 Å². The van der Waals surface area contributed by atoms with Crippen LogP contribution in [0.1, 0.15) is 155 Å². The van der Waals surface area contributed by atoms with Gasteiger partial charge in [0.05, 0.1) is 34.4 Å². The van der Waals surface area contributed by atoms with Crippen molar-refractivity contribution in [2.45, 2.75) is 167 Å². The number of quaternary nitrogens is 1. The van der Waals surface area contributed by atoms with Gasteiger partial charge in [-0.3, -0.25) is 9.59 Å². The summed E-state index contributed by atoms with van der Waals surface area (Å²) in [6.45, 7) is 4.63. The van der Waals surface area contributed by atoms with E-state index in [0.29, 0.717) is 17.4 Å². The molecule has 0 fully saturated rings. The number of unbranched alkanes of at least 4 members (excludes halogenated alkanes) is 10. The van der Waals surface area contributed by atoms with Crippen LogP contribution < -0.4 is 0 Å². The molecular weight excluding hydrogens is 767 g/mol. The molecule has 0 aliphatic carbocycles. The van der Waals surface area contributed by atoms with Crippen LogP contribution in [0.15, 0.2) is 97.2 Å². The van der Waals surface area contributed by atoms with Gasteiger partial charge >= 0.3 is 17.9 Å². The molecule has 2 atom stereocenters. The average molecular weight is 853 g/mol. The van der Waals surface area contributed by atoms with Gasteiger partial charge in [0.2, 0.25) is 0 Å². The van der Waals surface area contributed by atoms with E-state index in [0.717, 1.165) is 96.3 Å². The van der Waals surface area contributed by atoms with Crippen LogP contribution in [-0.4, -0.2) is 87.4 Å². The fraction of sp³-hybridized carbons (Fsp3) is 0.635. The van der Waals surface area contributed by atoms with E-state index in [-0.39, 0.29) is 38.6 Å². The highest BCUT2D eigenvalue weighted by molar-refractivity contribution is 5.71. The average Bonchev–Trinajstić information content (AvgIpc) is 3.22. The van der Waals surface area contributed by atoms with Gasteiger partial charge in [-0.25, -0.2) is 4.79 Å². The first kappa shape index (κ1) is 57.2. The van der Waals surface area contributed by atoms with Crippen LogP contribution in [0.4, 0.5) is 0 Å². The van der Waals surface area contributed by atoms with E-state index in [1.165, 1.54) is 25.7 Å². The Labute approximate surface area is 372 Å². The number of carbonyl (C=O) groups is 3. The van der Waals surface area contributed by atoms with Crippen molar-refractivity contribution in [1.29, 1.82) is 0 Å². The number of aliphatic carboxylic acids is 1. The number of carboxylic acids is 1. The van der Waals surface area contributed by atoms with Crippen LogP contribution in [0.25, 0.3) is 0 Å². The maximum absolute atomic E-state index is 12.8. The number of esters is 2. The van der Waals surface area contributed by atoms with Gasteiger partial charge in [-0.15, -0.1) is 0 Å². The molecule has 0 aromatic rings. The summed E-state index contributed by atoms with van der Waals surface area (Å²) < 4.78 is 22.7. The van der Waals surface area contributed by atoms with Gasteiger partial charge in [0, 0.05) is 12.8 Å². The number of rotatable bonds is 41. The van der Waals surface area contributed by atoms with Crippen molar-refractivity contribution in [3.8, 4) is 0 Å². The van der Waals surface area contributed by atoms with Gasteiger partial charge in [-0.1, -0.05) is 143 Å². The Morgan fingerprint density at radius 1 is 0.508 bits per heavy atom. The Morgan fingerprint density at radius 3 is 1.43 bits per heavy atom. The highest BCUT2D eigenvalue weighted by Gasteiger charge is 2.25. The first-order valence-corrected chi connectivity index (χ1v) is 23.4. The van der Waals surface area contributed by atoms with E-state index in [9.17, 15) is 19.5 Å². The summed E-state index contributed by atoms with van der Waals surface area (Å²) >= 11 is 0. The second-order valence-corrected chi connectivity index (χ2v) is 16.3. The first-order chi connectivity index (χ1) is 29.6. The molecule has 0 saturated carbocycles. The molecule has 0 aliphatic heterocycles. The van der Waals surface area contributed by atoms with Crippen LogP contribution >= 0.6 is 0 Å². The smallest absolute Gasteiger partial charge is 0.361 e. The normalized spacial score (nSPS) is 13.8. The maximum atomic E-state index is 12.8. The lowest BCUT2D eigenvalue weighted by molar-refractivity contribution is -0.870. The van der Waals surface area contributed by atoms with Crippen LogP contribution in [0.2, 0.25) is 0 Å². The molecule has 0 spiro atoms. The molecule has 0 radical (unpaired) electrons. The number of hydrogen-bond donors (Lipinski definition) is 1. The van der Waals surface area contributed by atoms with Crippen LogP contribution in [0.3, 0.4) is 0 Å². The highest BCUT2D eigenvalue weighted by Crippen LogP contribution is 2.11. The van der Waals surface area contributed by atoms with E-state index in [2.05, 4.69) is 111 Å². The van der Waals surface area contributed by atoms with Crippen molar-refractivity contribution >= 4 is 17.9 Å². The molecule has 346 valence electrons. The van der Waals surface area contributed by atoms with Gasteiger partial charge < -0.3 is 28.5 Å². The van der Waals surface area contributed by atoms with Gasteiger partial charge in [-0.2, -0.15) is 0 Å². The number of likely N-dealkylation sites (N-methyl/N-ethyl adjacent to an activating group) is 1. The lowest BCUT2D eigenvalue weighted by atomic mass is 10.1. The zero-order chi connectivity index (χ0) is 44.9. The molecule has 2 unspecified atom stereocenters. The number of nitrogens with zero attached hydrogens (tertiary/aromatic N) is 1. The highest BCUT2D eigenvalue weighted by atomic mass is 16.7. The van der Waals surface area contributed by atoms with E-state index < -0.39 is 24.3 Å². The fourth-order valence-corrected chi connectivity index (χ4v) is 5.69. The molecule has 0 aliphatic rings. The summed E-state index contributed by atoms with van der Waals surface area (Å²) in [5, 5.41) is 9.64. The zero-order valence-corrected chi connectivity index (χ0v) is 39.0. The predicted molar refractivity (Wildman–Crippen MR) is 253 cm³/mol. The molecule has 0 saturated heterocycles. The zero-order valence-electron chi connectivity index (χ0n) is 39.0. The van der Waals surface area contributed by atoms with Gasteiger partial charge in [0.1, 0.15) is 13.2 Å². The third kappa shape index (κ3) is 44.1. The summed E-state index contributed by atoms with van der Waals surface area (Å²) in [5.41, 5.74) is 0. The lowest BCUT2D eigenvalue weighted by Crippen LogP contribution is -2.40. The first-order valence-electron chi connectivity index (χ1n) is 23.4. The minimum absolute atomic E-state index is 0.171. The SMILES string of the molecule is CC/C=C\C/C=C\C/C=C\C/C=C\C/C=C\C/C=C\CCCCC(=O)OC(COC(=O)CCCCCCC/C=C\C/C=C\CCCCC)COC(OCC[N+](C)(C)C)C(=O)O. The van der Waals surface area contributed by atoms with Gasteiger partial charge in [-0.05, 0) is 96.3 Å². The summed E-state index contributed by atoms with van der Waals surface area (Å²) in [5.74, 6) is -2.10. The number of carbonyl (C=O) groups excluding carboxylic acids is 2. The van der Waals surface area contributed by atoms with Crippen molar-refractivity contribution in [3.05, 3.63) is 97.2 Å². The van der Waals surface area contributed by atoms with E-state index in [1.807, 2.05) is 21.1 Å². The fourth-order valence-electron chi connectivity index (χ4n) is 5.69. The Balaban J connectivity index is 4.55. The summed E-state index contributed by atoms with van der Waals surface area (Å²) in [7, 11) is 5.92. The molecular formula is C52H86NO8+. The number of carboxylic acid groups (broad SMARTS) is 1. The van der Waals surface area contributed by atoms with E-state index in [4.69, 9.17) is 18.9 Å². The lowest BCUT2D eigenvalue weighted by Gasteiger charge is -2.25. The molecule has 0 aromatic carbocycles. The Morgan fingerprint density at radius 2 is 0.934 bits per heavy atom. The molecule has 0 aromatic heterocycles. The molecule has 61 heavy (non-hydrogen) atoms. The van der Waals surface area contributed by atoms with Gasteiger partial charge in [0.25, 0.3) is 6.29 Å². The van der Waals surface area contributed by atoms with E-state index >= 15 is 0 Å². The van der Waals surface area contributed by atoms with E-state index in [1.54, 1.807) is 0 Å². The Kier molecular flexibility index (Phi) is 40.2. The van der Waals surface area contributed by atoms with Crippen molar-refractivity contribution in [3.63, 3.8) is 0 Å². The monoisotopic (exact) mass is 853 g/mol. The molecule has 0 amide bonds. The molecule has 9 heteroatoms. The van der Waals surface area contributed by atoms with Gasteiger partial charge in [0.15, 0.2) is 6.10 Å². The number of hydrogen-bond acceptors (Lipinski definition) is 7. The van der Waals surface area contributed by atoms with Crippen molar-refractivity contribution < 1.29 is 42.9 Å². The van der Waals surface area contributed by atoms with Crippen LogP contribution in [0.5, 0.6) is 0 Å². The molecule has 1 N–H and O–H groups in total. The third-order valence-corrected chi connectivity index (χ3v) is 9.32. The maximum Gasteiger partial charge on any atom is 0.361 e. The third-order valence-electron chi connectivity index (χ3n) is 9.32. The largest absolute Gasteiger partial charge is 0.477 e. The molecule has 0 heterocycles. The summed E-state index contributed by atoms with van der Waals surface area (Å²) in [6, 6.07) is 0. The number of allylic oxidation sites excluding steroid dienone is 16. The molecule has 0 bridgehead atoms. The van der Waals surface area contributed by atoms with Crippen LogP contribution in [-0.2, 0) is 33.3 Å². The number of ether oxygens (including phenoxy) is 4. The van der Waals surface area contributed by atoms with Crippen molar-refractivity contribution in [2.24, 2.45) is 0 Å². The van der Waals surface area contributed by atoms with Crippen LogP contribution in [0, 0.1) is 0 Å². The van der Waals surface area contributed by atoms with Crippen molar-refractivity contribution in [1.82, 2.24) is 0 Å². The minimum atomic E-state index is -1.53. The predicted octanol–water partition coefficient (Wildman–Crippen LogP) is 12.7. The molecule has 9 nitrogen and oxygen atoms in total.